The van der Waals surface area contributed by atoms with Crippen LogP contribution in [0.2, 0.25) is 0 Å². The summed E-state index contributed by atoms with van der Waals surface area (Å²) in [5.74, 6) is 0.404. The molecule has 4 aromatic rings. The van der Waals surface area contributed by atoms with E-state index in [2.05, 4.69) is 5.32 Å². The average molecular weight is 323 g/mol. The fourth-order valence-corrected chi connectivity index (χ4v) is 2.82. The molecule has 0 spiro atoms. The Labute approximate surface area is 135 Å². The van der Waals surface area contributed by atoms with E-state index in [1.165, 1.54) is 6.92 Å². The molecule has 0 atom stereocenters. The van der Waals surface area contributed by atoms with Gasteiger partial charge in [0.15, 0.2) is 5.58 Å². The summed E-state index contributed by atoms with van der Waals surface area (Å²) in [6, 6.07) is 10.4. The number of methoxy groups -OCH3 is 1. The molecule has 1 amide bonds. The average Bonchev–Trinajstić information content (AvgIpc) is 2.93. The molecule has 0 bridgehead atoms. The van der Waals surface area contributed by atoms with Crippen molar-refractivity contribution in [2.75, 3.05) is 12.4 Å². The number of nitrogens with one attached hydrogen (secondary N) is 1. The molecule has 0 aliphatic carbocycles. The maximum absolute atomic E-state index is 12.4. The van der Waals surface area contributed by atoms with E-state index in [0.717, 1.165) is 0 Å². The maximum Gasteiger partial charge on any atom is 0.348 e. The summed E-state index contributed by atoms with van der Waals surface area (Å²) in [6.45, 7) is 1.42. The number of fused-ring (bicyclic) bond motifs is 5. The molecule has 24 heavy (non-hydrogen) atoms. The molecule has 0 unspecified atom stereocenters. The first-order chi connectivity index (χ1) is 11.6. The van der Waals surface area contributed by atoms with Gasteiger partial charge in [-0.3, -0.25) is 4.79 Å². The summed E-state index contributed by atoms with van der Waals surface area (Å²) >= 11 is 0. The lowest BCUT2D eigenvalue weighted by Gasteiger charge is -2.01. The fraction of sp³-hybridized carbons (Fsp3) is 0.111. The van der Waals surface area contributed by atoms with Crippen LogP contribution in [0.5, 0.6) is 5.75 Å². The minimum atomic E-state index is -0.496. The Hall–Kier alpha value is -3.28. The summed E-state index contributed by atoms with van der Waals surface area (Å²) < 4.78 is 16.4. The van der Waals surface area contributed by atoms with Gasteiger partial charge in [-0.1, -0.05) is 0 Å². The Morgan fingerprint density at radius 3 is 2.62 bits per heavy atom. The number of ether oxygens (including phenoxy) is 1. The minimum Gasteiger partial charge on any atom is -0.497 e. The quantitative estimate of drug-likeness (QED) is 0.569. The molecule has 120 valence electrons. The summed E-state index contributed by atoms with van der Waals surface area (Å²) in [5.41, 5.74) is 1.50. The Morgan fingerprint density at radius 1 is 1.04 bits per heavy atom. The Morgan fingerprint density at radius 2 is 1.88 bits per heavy atom. The highest BCUT2D eigenvalue weighted by Crippen LogP contribution is 2.34. The van der Waals surface area contributed by atoms with E-state index in [4.69, 9.17) is 13.6 Å². The van der Waals surface area contributed by atoms with Gasteiger partial charge in [-0.05, 0) is 30.3 Å². The number of amides is 1. The highest BCUT2D eigenvalue weighted by Gasteiger charge is 2.17. The van der Waals surface area contributed by atoms with Crippen LogP contribution in [0.3, 0.4) is 0 Å². The molecule has 0 aliphatic heterocycles. The van der Waals surface area contributed by atoms with Crippen LogP contribution in [-0.4, -0.2) is 13.0 Å². The van der Waals surface area contributed by atoms with Crippen molar-refractivity contribution in [2.24, 2.45) is 0 Å². The lowest BCUT2D eigenvalue weighted by Crippen LogP contribution is -2.05. The number of benzene rings is 2. The highest BCUT2D eigenvalue weighted by molar-refractivity contribution is 6.13. The van der Waals surface area contributed by atoms with Gasteiger partial charge in [0.25, 0.3) is 0 Å². The molecule has 6 heteroatoms. The Kier molecular flexibility index (Phi) is 3.06. The predicted octanol–water partition coefficient (Wildman–Crippen LogP) is 3.66. The number of carbonyl (C=O) groups excluding carboxylic acids is 1. The second-order valence-corrected chi connectivity index (χ2v) is 5.45. The second kappa shape index (κ2) is 5.13. The largest absolute Gasteiger partial charge is 0.497 e. The van der Waals surface area contributed by atoms with E-state index in [9.17, 15) is 9.59 Å². The van der Waals surface area contributed by atoms with E-state index in [-0.39, 0.29) is 5.91 Å². The lowest BCUT2D eigenvalue weighted by molar-refractivity contribution is -0.114. The minimum absolute atomic E-state index is 0.188. The summed E-state index contributed by atoms with van der Waals surface area (Å²) in [5, 5.41) is 4.33. The maximum atomic E-state index is 12.4. The zero-order valence-electron chi connectivity index (χ0n) is 13.0. The molecule has 0 saturated heterocycles. The summed E-state index contributed by atoms with van der Waals surface area (Å²) in [7, 11) is 1.54. The highest BCUT2D eigenvalue weighted by atomic mass is 16.5. The van der Waals surface area contributed by atoms with Crippen LogP contribution in [0.4, 0.5) is 5.69 Å². The molecule has 0 aliphatic rings. The van der Waals surface area contributed by atoms with E-state index in [1.54, 1.807) is 43.5 Å². The molecule has 2 aromatic heterocycles. The van der Waals surface area contributed by atoms with Crippen molar-refractivity contribution in [3.05, 3.63) is 46.8 Å². The number of rotatable bonds is 2. The van der Waals surface area contributed by atoms with Gasteiger partial charge in [-0.25, -0.2) is 4.79 Å². The molecular formula is C18H13NO5. The van der Waals surface area contributed by atoms with E-state index in [0.29, 0.717) is 44.3 Å². The number of anilines is 1. The Bertz CT molecular complexity index is 1170. The van der Waals surface area contributed by atoms with Gasteiger partial charge in [-0.2, -0.15) is 0 Å². The van der Waals surface area contributed by atoms with Crippen molar-refractivity contribution in [1.82, 2.24) is 0 Å². The molecule has 1 N–H and O–H groups in total. The molecule has 2 aromatic carbocycles. The number of furan rings is 1. The standard InChI is InChI=1S/C18H13NO5/c1-9(20)19-10-3-6-14-13(7-10)16-17(23-14)12-5-4-11(22-2)8-15(12)24-18(16)21/h3-8H,1-2H3,(H,19,20). The summed E-state index contributed by atoms with van der Waals surface area (Å²) in [6.07, 6.45) is 0. The fourth-order valence-electron chi connectivity index (χ4n) is 2.82. The van der Waals surface area contributed by atoms with Gasteiger partial charge in [-0.15, -0.1) is 0 Å². The van der Waals surface area contributed by atoms with E-state index < -0.39 is 5.63 Å². The van der Waals surface area contributed by atoms with Crippen molar-refractivity contribution in [2.45, 2.75) is 6.92 Å². The zero-order valence-corrected chi connectivity index (χ0v) is 13.0. The van der Waals surface area contributed by atoms with Crippen LogP contribution in [0.15, 0.2) is 50.0 Å². The third-order valence-corrected chi connectivity index (χ3v) is 3.85. The van der Waals surface area contributed by atoms with Crippen LogP contribution < -0.4 is 15.7 Å². The smallest absolute Gasteiger partial charge is 0.348 e. The van der Waals surface area contributed by atoms with Crippen molar-refractivity contribution < 1.29 is 18.4 Å². The first-order valence-corrected chi connectivity index (χ1v) is 7.31. The topological polar surface area (TPSA) is 81.7 Å². The molecular weight excluding hydrogens is 310 g/mol. The second-order valence-electron chi connectivity index (χ2n) is 5.45. The summed E-state index contributed by atoms with van der Waals surface area (Å²) in [4.78, 5) is 23.7. The molecule has 0 radical (unpaired) electrons. The number of carbonyl (C=O) groups is 1. The predicted molar refractivity (Wildman–Crippen MR) is 90.6 cm³/mol. The third kappa shape index (κ3) is 2.11. The van der Waals surface area contributed by atoms with Crippen LogP contribution >= 0.6 is 0 Å². The van der Waals surface area contributed by atoms with Crippen molar-refractivity contribution in [3.63, 3.8) is 0 Å². The Balaban J connectivity index is 2.08. The van der Waals surface area contributed by atoms with Crippen LogP contribution in [0, 0.1) is 0 Å². The van der Waals surface area contributed by atoms with Crippen LogP contribution in [0.25, 0.3) is 32.9 Å². The van der Waals surface area contributed by atoms with Gasteiger partial charge in [0, 0.05) is 24.1 Å². The zero-order chi connectivity index (χ0) is 16.8. The van der Waals surface area contributed by atoms with Crippen LogP contribution in [-0.2, 0) is 4.79 Å². The van der Waals surface area contributed by atoms with Gasteiger partial charge in [0.1, 0.15) is 22.3 Å². The molecule has 6 nitrogen and oxygen atoms in total. The van der Waals surface area contributed by atoms with Gasteiger partial charge in [0.05, 0.1) is 12.5 Å². The lowest BCUT2D eigenvalue weighted by atomic mass is 10.1. The van der Waals surface area contributed by atoms with Gasteiger partial charge < -0.3 is 18.9 Å². The number of hydrogen-bond donors (Lipinski definition) is 1. The van der Waals surface area contributed by atoms with Crippen LogP contribution in [0.1, 0.15) is 6.92 Å². The van der Waals surface area contributed by atoms with E-state index >= 15 is 0 Å². The van der Waals surface area contributed by atoms with Gasteiger partial charge >= 0.3 is 5.63 Å². The van der Waals surface area contributed by atoms with Crippen molar-refractivity contribution >= 4 is 44.5 Å². The van der Waals surface area contributed by atoms with E-state index in [1.807, 2.05) is 0 Å². The van der Waals surface area contributed by atoms with Crippen molar-refractivity contribution in [1.29, 1.82) is 0 Å². The van der Waals surface area contributed by atoms with Gasteiger partial charge in [0.2, 0.25) is 5.91 Å². The normalized spacial score (nSPS) is 11.2. The monoisotopic (exact) mass is 323 g/mol. The first kappa shape index (κ1) is 14.3. The first-order valence-electron chi connectivity index (χ1n) is 7.31. The number of hydrogen-bond acceptors (Lipinski definition) is 5. The third-order valence-electron chi connectivity index (χ3n) is 3.85. The molecule has 4 rings (SSSR count). The molecule has 0 fully saturated rings. The molecule has 0 saturated carbocycles. The molecule has 2 heterocycles. The van der Waals surface area contributed by atoms with Crippen molar-refractivity contribution in [3.8, 4) is 5.75 Å². The SMILES string of the molecule is COc1ccc2c(c1)oc(=O)c1c3cc(NC(C)=O)ccc3oc21.